The molecule has 0 aliphatic rings. The predicted molar refractivity (Wildman–Crippen MR) is 62.2 cm³/mol. The van der Waals surface area contributed by atoms with E-state index in [2.05, 4.69) is 22.3 Å². The van der Waals surface area contributed by atoms with Gasteiger partial charge in [-0.15, -0.1) is 23.7 Å². The summed E-state index contributed by atoms with van der Waals surface area (Å²) < 4.78 is 0. The fourth-order valence-corrected chi connectivity index (χ4v) is 2.33. The second-order valence-corrected chi connectivity index (χ2v) is 3.82. The van der Waals surface area contributed by atoms with Crippen molar-refractivity contribution in [1.82, 2.24) is 9.97 Å². The van der Waals surface area contributed by atoms with Gasteiger partial charge in [-0.05, 0) is 24.4 Å². The molecule has 0 atom stereocenters. The molecule has 76 valence electrons. The lowest BCUT2D eigenvalue weighted by Gasteiger charge is -1.99. The smallest absolute Gasteiger partial charge is 0.127 e. The Labute approximate surface area is 92.8 Å². The second-order valence-electron chi connectivity index (χ2n) is 2.96. The minimum Gasteiger partial charge on any atom is -0.330 e. The van der Waals surface area contributed by atoms with Crippen LogP contribution in [0.1, 0.15) is 11.3 Å². The number of hydrogen-bond acceptors (Lipinski definition) is 4. The van der Waals surface area contributed by atoms with Crippen LogP contribution in [-0.2, 0) is 6.42 Å². The van der Waals surface area contributed by atoms with Crippen molar-refractivity contribution < 1.29 is 0 Å². The summed E-state index contributed by atoms with van der Waals surface area (Å²) in [6, 6.07) is 0. The average Bonchev–Trinajstić information content (AvgIpc) is 2.50. The van der Waals surface area contributed by atoms with Crippen LogP contribution in [0.15, 0.2) is 11.7 Å². The largest absolute Gasteiger partial charge is 0.330 e. The molecule has 2 aromatic heterocycles. The van der Waals surface area contributed by atoms with E-state index in [1.165, 1.54) is 10.9 Å². The van der Waals surface area contributed by atoms with E-state index in [0.717, 1.165) is 16.9 Å². The normalized spacial score (nSPS) is 10.1. The van der Waals surface area contributed by atoms with Gasteiger partial charge >= 0.3 is 0 Å². The van der Waals surface area contributed by atoms with Crippen LogP contribution >= 0.6 is 23.7 Å². The van der Waals surface area contributed by atoms with Crippen LogP contribution in [0.25, 0.3) is 10.2 Å². The van der Waals surface area contributed by atoms with Gasteiger partial charge in [-0.1, -0.05) is 0 Å². The highest BCUT2D eigenvalue weighted by Gasteiger charge is 2.06. The van der Waals surface area contributed by atoms with E-state index in [0.29, 0.717) is 6.54 Å². The van der Waals surface area contributed by atoms with Crippen LogP contribution in [0.5, 0.6) is 0 Å². The molecule has 0 fully saturated rings. The molecule has 14 heavy (non-hydrogen) atoms. The number of aryl methyl sites for hydroxylation is 1. The van der Waals surface area contributed by atoms with Gasteiger partial charge in [0.1, 0.15) is 11.2 Å². The number of thiophene rings is 1. The van der Waals surface area contributed by atoms with E-state index in [1.807, 2.05) is 0 Å². The van der Waals surface area contributed by atoms with Crippen molar-refractivity contribution in [1.29, 1.82) is 0 Å². The Hall–Kier alpha value is -0.710. The van der Waals surface area contributed by atoms with E-state index in [4.69, 9.17) is 5.73 Å². The Morgan fingerprint density at radius 2 is 2.21 bits per heavy atom. The molecule has 0 radical (unpaired) electrons. The maximum absolute atomic E-state index is 5.51. The lowest BCUT2D eigenvalue weighted by molar-refractivity contribution is 0.926. The Morgan fingerprint density at radius 3 is 2.93 bits per heavy atom. The van der Waals surface area contributed by atoms with E-state index in [9.17, 15) is 0 Å². The zero-order valence-corrected chi connectivity index (χ0v) is 9.49. The Kier molecular flexibility index (Phi) is 3.80. The molecule has 2 N–H and O–H groups in total. The lowest BCUT2D eigenvalue weighted by Crippen LogP contribution is -2.05. The number of halogens is 1. The van der Waals surface area contributed by atoms with Crippen molar-refractivity contribution in [2.24, 2.45) is 5.73 Å². The zero-order valence-electron chi connectivity index (χ0n) is 7.86. The summed E-state index contributed by atoms with van der Waals surface area (Å²) >= 11 is 1.66. The molecule has 0 spiro atoms. The highest BCUT2D eigenvalue weighted by molar-refractivity contribution is 7.16. The molecule has 3 nitrogen and oxygen atoms in total. The van der Waals surface area contributed by atoms with E-state index >= 15 is 0 Å². The number of nitrogens with two attached hydrogens (primary N) is 1. The van der Waals surface area contributed by atoms with Crippen molar-refractivity contribution >= 4 is 34.0 Å². The molecule has 0 aliphatic carbocycles. The fraction of sp³-hybridized carbons (Fsp3) is 0.333. The minimum atomic E-state index is 0. The van der Waals surface area contributed by atoms with Crippen molar-refractivity contribution in [2.45, 2.75) is 13.3 Å². The quantitative estimate of drug-likeness (QED) is 0.856. The summed E-state index contributed by atoms with van der Waals surface area (Å²) in [5.74, 6) is 0. The van der Waals surface area contributed by atoms with Crippen molar-refractivity contribution in [3.63, 3.8) is 0 Å². The predicted octanol–water partition coefficient (Wildman–Crippen LogP) is 1.92. The van der Waals surface area contributed by atoms with Gasteiger partial charge in [0.05, 0.1) is 5.69 Å². The van der Waals surface area contributed by atoms with Crippen LogP contribution in [0.3, 0.4) is 0 Å². The first-order chi connectivity index (χ1) is 6.33. The van der Waals surface area contributed by atoms with Crippen LogP contribution in [0.4, 0.5) is 0 Å². The van der Waals surface area contributed by atoms with Crippen LogP contribution in [0.2, 0.25) is 0 Å². The number of hydrogen-bond donors (Lipinski definition) is 1. The third kappa shape index (κ3) is 1.87. The minimum absolute atomic E-state index is 0. The molecular formula is C9H12ClN3S. The van der Waals surface area contributed by atoms with Crippen molar-refractivity contribution in [3.05, 3.63) is 23.0 Å². The monoisotopic (exact) mass is 229 g/mol. The first kappa shape index (κ1) is 11.4. The third-order valence-electron chi connectivity index (χ3n) is 2.01. The molecule has 2 aromatic rings. The van der Waals surface area contributed by atoms with Crippen LogP contribution in [-0.4, -0.2) is 16.5 Å². The number of rotatable bonds is 2. The molecule has 0 bridgehead atoms. The van der Waals surface area contributed by atoms with Gasteiger partial charge in [0, 0.05) is 11.8 Å². The molecule has 0 saturated carbocycles. The molecule has 0 aromatic carbocycles. The molecule has 0 amide bonds. The van der Waals surface area contributed by atoms with Gasteiger partial charge in [-0.3, -0.25) is 0 Å². The number of nitrogens with zero attached hydrogens (tertiary/aromatic N) is 2. The molecule has 0 aliphatic heterocycles. The number of fused-ring (bicyclic) bond motifs is 1. The first-order valence-corrected chi connectivity index (χ1v) is 5.08. The summed E-state index contributed by atoms with van der Waals surface area (Å²) in [6.45, 7) is 2.73. The van der Waals surface area contributed by atoms with Gasteiger partial charge in [0.25, 0.3) is 0 Å². The summed E-state index contributed by atoms with van der Waals surface area (Å²) in [5, 5.41) is 3.30. The number of aromatic nitrogens is 2. The Bertz CT molecular complexity index is 427. The first-order valence-electron chi connectivity index (χ1n) is 4.20. The molecule has 2 heterocycles. The SMILES string of the molecule is Cc1csc2ncnc(CCN)c12.Cl. The summed E-state index contributed by atoms with van der Waals surface area (Å²) in [5.41, 5.74) is 7.84. The second kappa shape index (κ2) is 4.68. The highest BCUT2D eigenvalue weighted by Crippen LogP contribution is 2.25. The third-order valence-corrected chi connectivity index (χ3v) is 3.02. The Morgan fingerprint density at radius 1 is 1.43 bits per heavy atom. The average molecular weight is 230 g/mol. The summed E-state index contributed by atoms with van der Waals surface area (Å²) in [6.07, 6.45) is 2.44. The van der Waals surface area contributed by atoms with E-state index < -0.39 is 0 Å². The van der Waals surface area contributed by atoms with Crippen molar-refractivity contribution in [2.75, 3.05) is 6.54 Å². The van der Waals surface area contributed by atoms with Gasteiger partial charge < -0.3 is 5.73 Å². The van der Waals surface area contributed by atoms with Gasteiger partial charge in [-0.2, -0.15) is 0 Å². The zero-order chi connectivity index (χ0) is 9.26. The maximum Gasteiger partial charge on any atom is 0.127 e. The lowest BCUT2D eigenvalue weighted by atomic mass is 10.1. The van der Waals surface area contributed by atoms with Crippen molar-refractivity contribution in [3.8, 4) is 0 Å². The summed E-state index contributed by atoms with van der Waals surface area (Å²) in [7, 11) is 0. The maximum atomic E-state index is 5.51. The molecule has 0 saturated heterocycles. The van der Waals surface area contributed by atoms with E-state index in [-0.39, 0.29) is 12.4 Å². The van der Waals surface area contributed by atoms with E-state index in [1.54, 1.807) is 17.7 Å². The molecular weight excluding hydrogens is 218 g/mol. The van der Waals surface area contributed by atoms with Crippen LogP contribution in [0, 0.1) is 6.92 Å². The van der Waals surface area contributed by atoms with Gasteiger partial charge in [0.15, 0.2) is 0 Å². The molecule has 2 rings (SSSR count). The Balaban J connectivity index is 0.000000980. The fourth-order valence-electron chi connectivity index (χ4n) is 1.42. The van der Waals surface area contributed by atoms with Crippen LogP contribution < -0.4 is 5.73 Å². The molecule has 0 unspecified atom stereocenters. The molecule has 5 heteroatoms. The standard InChI is InChI=1S/C9H11N3S.ClH/c1-6-4-13-9-8(6)7(2-3-10)11-5-12-9;/h4-5H,2-3,10H2,1H3;1H. The topological polar surface area (TPSA) is 51.8 Å². The van der Waals surface area contributed by atoms with Gasteiger partial charge in [0.2, 0.25) is 0 Å². The summed E-state index contributed by atoms with van der Waals surface area (Å²) in [4.78, 5) is 9.52. The van der Waals surface area contributed by atoms with Gasteiger partial charge in [-0.25, -0.2) is 9.97 Å². The highest BCUT2D eigenvalue weighted by atomic mass is 35.5.